The van der Waals surface area contributed by atoms with Gasteiger partial charge in [-0.05, 0) is 36.2 Å². The van der Waals surface area contributed by atoms with E-state index >= 15 is 0 Å². The highest BCUT2D eigenvalue weighted by Gasteiger charge is 2.36. The van der Waals surface area contributed by atoms with Crippen LogP contribution in [0.2, 0.25) is 5.02 Å². The monoisotopic (exact) mass is 426 g/mol. The van der Waals surface area contributed by atoms with Gasteiger partial charge in [-0.3, -0.25) is 19.5 Å². The second-order valence-corrected chi connectivity index (χ2v) is 8.51. The van der Waals surface area contributed by atoms with Crippen LogP contribution in [-0.2, 0) is 22.7 Å². The van der Waals surface area contributed by atoms with E-state index in [1.54, 1.807) is 4.90 Å². The SMILES string of the molecule is O=C1CC(C(=O)N2CCCN(Cc3ccccn3)CC2)CN1Cc1ccc(Cl)cc1. The smallest absolute Gasteiger partial charge is 0.228 e. The fraction of sp³-hybridized carbons (Fsp3) is 0.435. The average molecular weight is 427 g/mol. The maximum atomic E-state index is 13.1. The Morgan fingerprint density at radius 1 is 1.03 bits per heavy atom. The van der Waals surface area contributed by atoms with Gasteiger partial charge in [0.1, 0.15) is 0 Å². The Labute approximate surface area is 182 Å². The van der Waals surface area contributed by atoms with Gasteiger partial charge in [0.2, 0.25) is 11.8 Å². The molecule has 4 rings (SSSR count). The van der Waals surface area contributed by atoms with Crippen LogP contribution in [0.4, 0.5) is 0 Å². The number of pyridine rings is 1. The molecule has 2 saturated heterocycles. The van der Waals surface area contributed by atoms with Gasteiger partial charge in [0.25, 0.3) is 0 Å². The lowest BCUT2D eigenvalue weighted by molar-refractivity contribution is -0.135. The van der Waals surface area contributed by atoms with Crippen molar-refractivity contribution in [1.82, 2.24) is 19.7 Å². The zero-order valence-electron chi connectivity index (χ0n) is 17.0. The number of nitrogens with zero attached hydrogens (tertiary/aromatic N) is 4. The molecule has 0 aliphatic carbocycles. The normalized spacial score (nSPS) is 20.4. The van der Waals surface area contributed by atoms with Gasteiger partial charge < -0.3 is 9.80 Å². The highest BCUT2D eigenvalue weighted by Crippen LogP contribution is 2.23. The van der Waals surface area contributed by atoms with Crippen molar-refractivity contribution in [2.75, 3.05) is 32.7 Å². The summed E-state index contributed by atoms with van der Waals surface area (Å²) in [6, 6.07) is 13.5. The van der Waals surface area contributed by atoms with Gasteiger partial charge in [0.15, 0.2) is 0 Å². The lowest BCUT2D eigenvalue weighted by Crippen LogP contribution is -2.39. The summed E-state index contributed by atoms with van der Waals surface area (Å²) in [5.74, 6) is -0.0799. The van der Waals surface area contributed by atoms with Gasteiger partial charge in [-0.15, -0.1) is 0 Å². The lowest BCUT2D eigenvalue weighted by atomic mass is 10.1. The Hall–Kier alpha value is -2.44. The van der Waals surface area contributed by atoms with Gasteiger partial charge in [0, 0.05) is 63.5 Å². The lowest BCUT2D eigenvalue weighted by Gasteiger charge is -2.24. The number of benzene rings is 1. The van der Waals surface area contributed by atoms with Crippen LogP contribution in [0, 0.1) is 5.92 Å². The Kier molecular flexibility index (Phi) is 6.65. The molecular weight excluding hydrogens is 400 g/mol. The van der Waals surface area contributed by atoms with Gasteiger partial charge in [-0.1, -0.05) is 29.8 Å². The van der Waals surface area contributed by atoms with Crippen LogP contribution in [0.15, 0.2) is 48.7 Å². The summed E-state index contributed by atoms with van der Waals surface area (Å²) in [6.07, 6.45) is 3.06. The summed E-state index contributed by atoms with van der Waals surface area (Å²) in [5.41, 5.74) is 2.08. The predicted octanol–water partition coefficient (Wildman–Crippen LogP) is 2.82. The second kappa shape index (κ2) is 9.58. The first-order chi connectivity index (χ1) is 14.6. The number of likely N-dealkylation sites (tertiary alicyclic amines) is 1. The third kappa shape index (κ3) is 5.18. The zero-order valence-corrected chi connectivity index (χ0v) is 17.8. The summed E-state index contributed by atoms with van der Waals surface area (Å²) in [7, 11) is 0. The number of amides is 2. The molecule has 2 aliphatic rings. The van der Waals surface area contributed by atoms with E-state index < -0.39 is 0 Å². The molecule has 0 radical (unpaired) electrons. The van der Waals surface area contributed by atoms with Crippen LogP contribution in [-0.4, -0.2) is 64.2 Å². The Bertz CT molecular complexity index is 875. The summed E-state index contributed by atoms with van der Waals surface area (Å²) in [5, 5.41) is 0.679. The number of halogens is 1. The molecule has 1 atom stereocenters. The van der Waals surface area contributed by atoms with Crippen LogP contribution in [0.1, 0.15) is 24.1 Å². The molecular formula is C23H27ClN4O2. The van der Waals surface area contributed by atoms with E-state index in [1.807, 2.05) is 53.6 Å². The number of carbonyl (C=O) groups is 2. The van der Waals surface area contributed by atoms with E-state index in [9.17, 15) is 9.59 Å². The van der Waals surface area contributed by atoms with E-state index in [-0.39, 0.29) is 17.7 Å². The Balaban J connectivity index is 1.31. The van der Waals surface area contributed by atoms with E-state index in [0.29, 0.717) is 31.1 Å². The maximum absolute atomic E-state index is 13.1. The van der Waals surface area contributed by atoms with Crippen molar-refractivity contribution < 1.29 is 9.59 Å². The van der Waals surface area contributed by atoms with Crippen molar-refractivity contribution in [3.8, 4) is 0 Å². The molecule has 3 heterocycles. The van der Waals surface area contributed by atoms with Gasteiger partial charge in [-0.25, -0.2) is 0 Å². The van der Waals surface area contributed by atoms with Crippen LogP contribution in [0.3, 0.4) is 0 Å². The summed E-state index contributed by atoms with van der Waals surface area (Å²) in [4.78, 5) is 36.1. The molecule has 1 unspecified atom stereocenters. The van der Waals surface area contributed by atoms with E-state index in [0.717, 1.165) is 43.9 Å². The van der Waals surface area contributed by atoms with E-state index in [2.05, 4.69) is 9.88 Å². The number of aromatic nitrogens is 1. The average Bonchev–Trinajstić information content (AvgIpc) is 2.96. The number of hydrogen-bond donors (Lipinski definition) is 0. The number of rotatable bonds is 5. The molecule has 1 aromatic heterocycles. The molecule has 0 spiro atoms. The molecule has 1 aromatic carbocycles. The standard InChI is InChI=1S/C23H27ClN4O2/c24-20-7-5-18(6-8-20)15-28-16-19(14-22(28)29)23(30)27-11-3-10-26(12-13-27)17-21-4-1-2-9-25-21/h1-2,4-9,19H,3,10-17H2. The van der Waals surface area contributed by atoms with Crippen LogP contribution in [0.25, 0.3) is 0 Å². The van der Waals surface area contributed by atoms with Crippen molar-refractivity contribution in [1.29, 1.82) is 0 Å². The van der Waals surface area contributed by atoms with Crippen molar-refractivity contribution in [2.45, 2.75) is 25.9 Å². The third-order valence-electron chi connectivity index (χ3n) is 5.86. The molecule has 2 fully saturated rings. The largest absolute Gasteiger partial charge is 0.341 e. The molecule has 7 heteroatoms. The quantitative estimate of drug-likeness (QED) is 0.737. The molecule has 158 valence electrons. The minimum atomic E-state index is -0.243. The number of hydrogen-bond acceptors (Lipinski definition) is 4. The first-order valence-electron chi connectivity index (χ1n) is 10.5. The molecule has 2 aromatic rings. The molecule has 2 amide bonds. The second-order valence-electron chi connectivity index (χ2n) is 8.08. The van der Waals surface area contributed by atoms with Gasteiger partial charge >= 0.3 is 0 Å². The third-order valence-corrected chi connectivity index (χ3v) is 6.11. The van der Waals surface area contributed by atoms with Crippen LogP contribution >= 0.6 is 11.6 Å². The Morgan fingerprint density at radius 3 is 2.63 bits per heavy atom. The molecule has 30 heavy (non-hydrogen) atoms. The fourth-order valence-corrected chi connectivity index (χ4v) is 4.35. The van der Waals surface area contributed by atoms with Gasteiger partial charge in [-0.2, -0.15) is 0 Å². The summed E-state index contributed by atoms with van der Waals surface area (Å²) >= 11 is 5.94. The first kappa shape index (κ1) is 20.8. The van der Waals surface area contributed by atoms with Crippen molar-refractivity contribution in [2.24, 2.45) is 5.92 Å². The Morgan fingerprint density at radius 2 is 1.87 bits per heavy atom. The maximum Gasteiger partial charge on any atom is 0.228 e. The van der Waals surface area contributed by atoms with Crippen molar-refractivity contribution in [3.63, 3.8) is 0 Å². The molecule has 0 N–H and O–H groups in total. The van der Waals surface area contributed by atoms with Crippen molar-refractivity contribution >= 4 is 23.4 Å². The van der Waals surface area contributed by atoms with Gasteiger partial charge in [0.05, 0.1) is 11.6 Å². The van der Waals surface area contributed by atoms with Crippen molar-refractivity contribution in [3.05, 3.63) is 64.9 Å². The van der Waals surface area contributed by atoms with E-state index in [4.69, 9.17) is 11.6 Å². The highest BCUT2D eigenvalue weighted by atomic mass is 35.5. The molecule has 2 aliphatic heterocycles. The summed E-state index contributed by atoms with van der Waals surface area (Å²) < 4.78 is 0. The fourth-order valence-electron chi connectivity index (χ4n) is 4.23. The zero-order chi connectivity index (χ0) is 20.9. The minimum absolute atomic E-state index is 0.0508. The minimum Gasteiger partial charge on any atom is -0.341 e. The van der Waals surface area contributed by atoms with E-state index in [1.165, 1.54) is 0 Å². The topological polar surface area (TPSA) is 56.8 Å². The highest BCUT2D eigenvalue weighted by molar-refractivity contribution is 6.30. The molecule has 0 saturated carbocycles. The predicted molar refractivity (Wildman–Crippen MR) is 116 cm³/mol. The summed E-state index contributed by atoms with van der Waals surface area (Å²) in [6.45, 7) is 5.06. The number of carbonyl (C=O) groups excluding carboxylic acids is 2. The molecule has 0 bridgehead atoms. The first-order valence-corrected chi connectivity index (χ1v) is 10.9. The molecule has 6 nitrogen and oxygen atoms in total. The van der Waals surface area contributed by atoms with Crippen LogP contribution < -0.4 is 0 Å². The van der Waals surface area contributed by atoms with Crippen LogP contribution in [0.5, 0.6) is 0 Å².